The lowest BCUT2D eigenvalue weighted by molar-refractivity contribution is 0.267. The van der Waals surface area contributed by atoms with E-state index >= 15 is 0 Å². The van der Waals surface area contributed by atoms with Gasteiger partial charge in [0.05, 0.1) is 0 Å². The van der Waals surface area contributed by atoms with E-state index in [0.717, 1.165) is 44.5 Å². The molecule has 0 aromatic heterocycles. The summed E-state index contributed by atoms with van der Waals surface area (Å²) in [5.41, 5.74) is 6.13. The first kappa shape index (κ1) is 20.0. The summed E-state index contributed by atoms with van der Waals surface area (Å²) in [7, 11) is 2.22. The van der Waals surface area contributed by atoms with Gasteiger partial charge in [0, 0.05) is 32.7 Å². The normalized spacial score (nSPS) is 25.6. The Labute approximate surface area is 153 Å². The third-order valence-corrected chi connectivity index (χ3v) is 4.70. The van der Waals surface area contributed by atoms with Crippen LogP contribution in [0.25, 0.3) is 0 Å². The predicted octanol–water partition coefficient (Wildman–Crippen LogP) is 1.68. The molecule has 0 amide bonds. The number of nitrogens with two attached hydrogens (primary N) is 1. The van der Waals surface area contributed by atoms with E-state index in [2.05, 4.69) is 33.7 Å². The van der Waals surface area contributed by atoms with E-state index in [9.17, 15) is 0 Å². The molecule has 0 radical (unpaired) electrons. The minimum atomic E-state index is 0. The van der Waals surface area contributed by atoms with Crippen LogP contribution < -0.4 is 5.73 Å². The third kappa shape index (κ3) is 7.00. The smallest absolute Gasteiger partial charge is 0.191 e. The van der Waals surface area contributed by atoms with Crippen molar-refractivity contribution in [2.45, 2.75) is 32.6 Å². The van der Waals surface area contributed by atoms with Crippen LogP contribution in [0.5, 0.6) is 0 Å². The maximum atomic E-state index is 6.13. The molecule has 1 unspecified atom stereocenters. The summed E-state index contributed by atoms with van der Waals surface area (Å²) < 4.78 is 0. The van der Waals surface area contributed by atoms with Crippen molar-refractivity contribution in [3.05, 3.63) is 0 Å². The van der Waals surface area contributed by atoms with Gasteiger partial charge in [-0.15, -0.1) is 24.0 Å². The SMILES string of the molecule is CC1CCCN(C(N)=NCCCN2CCCN(C)CC2)C1.I. The number of likely N-dealkylation sites (N-methyl/N-ethyl adjacent to an activating group) is 1. The zero-order valence-corrected chi connectivity index (χ0v) is 16.7. The highest BCUT2D eigenvalue weighted by molar-refractivity contribution is 14.0. The van der Waals surface area contributed by atoms with E-state index in [1.54, 1.807) is 0 Å². The number of likely N-dealkylation sites (tertiary alicyclic amines) is 1. The quantitative estimate of drug-likeness (QED) is 0.324. The van der Waals surface area contributed by atoms with Crippen molar-refractivity contribution in [3.8, 4) is 0 Å². The summed E-state index contributed by atoms with van der Waals surface area (Å²) in [5.74, 6) is 1.51. The van der Waals surface area contributed by atoms with Crippen molar-refractivity contribution in [1.29, 1.82) is 0 Å². The molecule has 2 fully saturated rings. The molecule has 0 aliphatic carbocycles. The Bertz CT molecular complexity index is 336. The fraction of sp³-hybridized carbons (Fsp3) is 0.938. The maximum absolute atomic E-state index is 6.13. The van der Waals surface area contributed by atoms with Gasteiger partial charge in [-0.3, -0.25) is 4.99 Å². The van der Waals surface area contributed by atoms with Crippen LogP contribution in [0.3, 0.4) is 0 Å². The molecule has 2 aliphatic rings. The second-order valence-electron chi connectivity index (χ2n) is 6.79. The molecule has 22 heavy (non-hydrogen) atoms. The lowest BCUT2D eigenvalue weighted by atomic mass is 10.0. The summed E-state index contributed by atoms with van der Waals surface area (Å²) in [6.45, 7) is 11.3. The lowest BCUT2D eigenvalue weighted by Gasteiger charge is -2.31. The Morgan fingerprint density at radius 2 is 1.95 bits per heavy atom. The molecule has 0 aromatic carbocycles. The molecule has 2 saturated heterocycles. The van der Waals surface area contributed by atoms with Crippen molar-refractivity contribution < 1.29 is 0 Å². The second-order valence-corrected chi connectivity index (χ2v) is 6.79. The van der Waals surface area contributed by atoms with Crippen LogP contribution in [-0.2, 0) is 0 Å². The van der Waals surface area contributed by atoms with Gasteiger partial charge in [0.25, 0.3) is 0 Å². The third-order valence-electron chi connectivity index (χ3n) is 4.70. The van der Waals surface area contributed by atoms with Crippen LogP contribution in [0.4, 0.5) is 0 Å². The van der Waals surface area contributed by atoms with Crippen molar-refractivity contribution in [3.63, 3.8) is 0 Å². The molecule has 6 heteroatoms. The van der Waals surface area contributed by atoms with E-state index < -0.39 is 0 Å². The van der Waals surface area contributed by atoms with E-state index in [4.69, 9.17) is 5.73 Å². The van der Waals surface area contributed by atoms with Crippen molar-refractivity contribution in [2.24, 2.45) is 16.6 Å². The molecular formula is C16H34IN5. The van der Waals surface area contributed by atoms with Crippen LogP contribution in [0.2, 0.25) is 0 Å². The summed E-state index contributed by atoms with van der Waals surface area (Å²) in [6.07, 6.45) is 4.98. The highest BCUT2D eigenvalue weighted by Crippen LogP contribution is 2.14. The van der Waals surface area contributed by atoms with E-state index in [1.165, 1.54) is 45.4 Å². The molecular weight excluding hydrogens is 389 g/mol. The molecule has 2 N–H and O–H groups in total. The van der Waals surface area contributed by atoms with Crippen molar-refractivity contribution >= 4 is 29.9 Å². The standard InChI is InChI=1S/C16H33N5.HI/c1-15-6-3-11-21(14-15)16(17)18-7-4-9-20-10-5-8-19(2)12-13-20;/h15H,3-14H2,1-2H3,(H2,17,18);1H. The molecule has 2 rings (SSSR count). The number of hydrogen-bond donors (Lipinski definition) is 1. The number of aliphatic imine (C=N–C) groups is 1. The summed E-state index contributed by atoms with van der Waals surface area (Å²) in [4.78, 5) is 11.8. The molecule has 0 spiro atoms. The van der Waals surface area contributed by atoms with Gasteiger partial charge in [-0.05, 0) is 58.3 Å². The Hall–Kier alpha value is -0.0800. The van der Waals surface area contributed by atoms with Crippen LogP contribution in [-0.4, -0.2) is 80.1 Å². The number of nitrogens with zero attached hydrogens (tertiary/aromatic N) is 4. The molecule has 2 heterocycles. The summed E-state index contributed by atoms with van der Waals surface area (Å²) in [5, 5.41) is 0. The van der Waals surface area contributed by atoms with Crippen molar-refractivity contribution in [2.75, 3.05) is 59.4 Å². The summed E-state index contributed by atoms with van der Waals surface area (Å²) in [6, 6.07) is 0. The monoisotopic (exact) mass is 423 g/mol. The van der Waals surface area contributed by atoms with Gasteiger partial charge in [0.15, 0.2) is 5.96 Å². The second kappa shape index (κ2) is 10.6. The van der Waals surface area contributed by atoms with Gasteiger partial charge in [-0.2, -0.15) is 0 Å². The van der Waals surface area contributed by atoms with Gasteiger partial charge in [-0.25, -0.2) is 0 Å². The van der Waals surface area contributed by atoms with E-state index in [-0.39, 0.29) is 24.0 Å². The highest BCUT2D eigenvalue weighted by atomic mass is 127. The summed E-state index contributed by atoms with van der Waals surface area (Å²) >= 11 is 0. The fourth-order valence-electron chi connectivity index (χ4n) is 3.31. The molecule has 0 bridgehead atoms. The van der Waals surface area contributed by atoms with Gasteiger partial charge in [0.2, 0.25) is 0 Å². The largest absolute Gasteiger partial charge is 0.370 e. The van der Waals surface area contributed by atoms with Gasteiger partial charge >= 0.3 is 0 Å². The van der Waals surface area contributed by atoms with Crippen LogP contribution >= 0.6 is 24.0 Å². The molecule has 2 aliphatic heterocycles. The Morgan fingerprint density at radius 1 is 1.14 bits per heavy atom. The maximum Gasteiger partial charge on any atom is 0.191 e. The van der Waals surface area contributed by atoms with E-state index in [1.807, 2.05) is 0 Å². The minimum absolute atomic E-state index is 0. The zero-order chi connectivity index (χ0) is 15.1. The number of guanidine groups is 1. The number of hydrogen-bond acceptors (Lipinski definition) is 3. The number of rotatable bonds is 4. The van der Waals surface area contributed by atoms with Crippen LogP contribution in [0.15, 0.2) is 4.99 Å². The molecule has 0 aromatic rings. The first-order valence-corrected chi connectivity index (χ1v) is 8.61. The highest BCUT2D eigenvalue weighted by Gasteiger charge is 2.17. The minimum Gasteiger partial charge on any atom is -0.370 e. The van der Waals surface area contributed by atoms with E-state index in [0.29, 0.717) is 0 Å². The topological polar surface area (TPSA) is 48.1 Å². The van der Waals surface area contributed by atoms with Gasteiger partial charge in [-0.1, -0.05) is 6.92 Å². The average molecular weight is 423 g/mol. The number of halogens is 1. The molecule has 1 atom stereocenters. The predicted molar refractivity (Wildman–Crippen MR) is 105 cm³/mol. The Balaban J connectivity index is 0.00000242. The van der Waals surface area contributed by atoms with Crippen LogP contribution in [0.1, 0.15) is 32.6 Å². The van der Waals surface area contributed by atoms with Crippen molar-refractivity contribution in [1.82, 2.24) is 14.7 Å². The fourth-order valence-corrected chi connectivity index (χ4v) is 3.31. The zero-order valence-electron chi connectivity index (χ0n) is 14.3. The van der Waals surface area contributed by atoms with Gasteiger partial charge in [0.1, 0.15) is 0 Å². The Kier molecular flexibility index (Phi) is 9.66. The lowest BCUT2D eigenvalue weighted by Crippen LogP contribution is -2.43. The van der Waals surface area contributed by atoms with Crippen LogP contribution in [0, 0.1) is 5.92 Å². The average Bonchev–Trinajstić information content (AvgIpc) is 2.68. The first-order chi connectivity index (χ1) is 10.1. The molecule has 0 saturated carbocycles. The Morgan fingerprint density at radius 3 is 2.73 bits per heavy atom. The first-order valence-electron chi connectivity index (χ1n) is 8.61. The molecule has 5 nitrogen and oxygen atoms in total. The van der Waals surface area contributed by atoms with Gasteiger partial charge < -0.3 is 20.4 Å². The number of piperidine rings is 1. The molecule has 130 valence electrons.